The van der Waals surface area contributed by atoms with Gasteiger partial charge < -0.3 is 5.01 Å². The zero-order valence-corrected chi connectivity index (χ0v) is 13.0. The predicted molar refractivity (Wildman–Crippen MR) is 90.7 cm³/mol. The molecule has 0 radical (unpaired) electrons. The minimum absolute atomic E-state index is 0.368. The summed E-state index contributed by atoms with van der Waals surface area (Å²) in [5.74, 6) is 0.540. The standard InChI is InChI=1S/C19H20N4/c1-3-7-16(8-4-1)18-11-12-19(17-9-5-2-6-10-17)23(13-18)22-14-20-21-15-22/h1-10,14-15,18-19H,11-13H2/t18-,19+/m1/s1. The smallest absolute Gasteiger partial charge is 0.139 e. The van der Waals surface area contributed by atoms with Crippen molar-refractivity contribution in [3.63, 3.8) is 0 Å². The van der Waals surface area contributed by atoms with Gasteiger partial charge in [-0.1, -0.05) is 60.7 Å². The first-order valence-corrected chi connectivity index (χ1v) is 8.13. The van der Waals surface area contributed by atoms with Gasteiger partial charge in [0.2, 0.25) is 0 Å². The Labute approximate surface area is 136 Å². The van der Waals surface area contributed by atoms with Crippen LogP contribution in [0, 0.1) is 0 Å². The minimum Gasteiger partial charge on any atom is -0.302 e. The maximum Gasteiger partial charge on any atom is 0.139 e. The lowest BCUT2D eigenvalue weighted by atomic mass is 9.86. The molecule has 2 heterocycles. The number of benzene rings is 2. The van der Waals surface area contributed by atoms with E-state index in [1.165, 1.54) is 17.5 Å². The normalized spacial score (nSPS) is 21.3. The molecule has 2 atom stereocenters. The van der Waals surface area contributed by atoms with Crippen LogP contribution in [-0.2, 0) is 0 Å². The fourth-order valence-electron chi connectivity index (χ4n) is 3.55. The summed E-state index contributed by atoms with van der Waals surface area (Å²) in [5, 5.41) is 10.4. The molecule has 0 unspecified atom stereocenters. The highest BCUT2D eigenvalue weighted by atomic mass is 15.6. The molecule has 3 aromatic rings. The summed E-state index contributed by atoms with van der Waals surface area (Å²) in [6, 6.07) is 21.9. The molecule has 0 bridgehead atoms. The average Bonchev–Trinajstić information content (AvgIpc) is 3.17. The molecular formula is C19H20N4. The Morgan fingerprint density at radius 2 is 1.35 bits per heavy atom. The van der Waals surface area contributed by atoms with Crippen molar-refractivity contribution in [3.05, 3.63) is 84.4 Å². The monoisotopic (exact) mass is 304 g/mol. The summed E-state index contributed by atoms with van der Waals surface area (Å²) in [5.41, 5.74) is 2.77. The third kappa shape index (κ3) is 2.84. The predicted octanol–water partition coefficient (Wildman–Crippen LogP) is 3.54. The molecule has 0 spiro atoms. The van der Waals surface area contributed by atoms with E-state index in [2.05, 4.69) is 75.9 Å². The molecule has 1 fully saturated rings. The first-order valence-electron chi connectivity index (χ1n) is 8.13. The Hall–Kier alpha value is -2.62. The SMILES string of the molecule is c1ccc([C@@H]2CC[C@@H](c3ccccc3)N(n3cnnc3)C2)cc1. The van der Waals surface area contributed by atoms with Crippen LogP contribution in [-0.4, -0.2) is 21.4 Å². The van der Waals surface area contributed by atoms with E-state index in [0.29, 0.717) is 12.0 Å². The van der Waals surface area contributed by atoms with E-state index in [0.717, 1.165) is 13.0 Å². The highest BCUT2D eigenvalue weighted by Crippen LogP contribution is 2.36. The first kappa shape index (κ1) is 14.0. The summed E-state index contributed by atoms with van der Waals surface area (Å²) in [6.07, 6.45) is 5.91. The van der Waals surface area contributed by atoms with Crippen molar-refractivity contribution in [1.82, 2.24) is 14.9 Å². The Balaban J connectivity index is 1.65. The van der Waals surface area contributed by atoms with Gasteiger partial charge in [-0.05, 0) is 24.0 Å². The number of hydrogen-bond acceptors (Lipinski definition) is 3. The van der Waals surface area contributed by atoms with Gasteiger partial charge in [0.25, 0.3) is 0 Å². The molecule has 0 amide bonds. The van der Waals surface area contributed by atoms with Gasteiger partial charge in [0.15, 0.2) is 0 Å². The number of piperidine rings is 1. The number of nitrogens with zero attached hydrogens (tertiary/aromatic N) is 4. The average molecular weight is 304 g/mol. The molecule has 23 heavy (non-hydrogen) atoms. The topological polar surface area (TPSA) is 34.0 Å². The molecule has 4 rings (SSSR count). The zero-order valence-electron chi connectivity index (χ0n) is 13.0. The van der Waals surface area contributed by atoms with Crippen LogP contribution in [0.2, 0.25) is 0 Å². The van der Waals surface area contributed by atoms with Crippen LogP contribution in [0.15, 0.2) is 73.3 Å². The van der Waals surface area contributed by atoms with Gasteiger partial charge in [-0.15, -0.1) is 10.2 Å². The molecule has 1 aliphatic rings. The molecule has 4 heteroatoms. The van der Waals surface area contributed by atoms with Gasteiger partial charge >= 0.3 is 0 Å². The fourth-order valence-corrected chi connectivity index (χ4v) is 3.55. The lowest BCUT2D eigenvalue weighted by Gasteiger charge is -2.41. The second kappa shape index (κ2) is 6.24. The van der Waals surface area contributed by atoms with Gasteiger partial charge in [0.05, 0.1) is 6.04 Å². The van der Waals surface area contributed by atoms with Crippen LogP contribution >= 0.6 is 0 Å². The van der Waals surface area contributed by atoms with Crippen molar-refractivity contribution in [1.29, 1.82) is 0 Å². The highest BCUT2D eigenvalue weighted by Gasteiger charge is 2.30. The Morgan fingerprint density at radius 3 is 2.00 bits per heavy atom. The summed E-state index contributed by atoms with van der Waals surface area (Å²) in [4.78, 5) is 0. The molecule has 1 aromatic heterocycles. The third-order valence-corrected chi connectivity index (χ3v) is 4.71. The summed E-state index contributed by atoms with van der Waals surface area (Å²) < 4.78 is 2.03. The second-order valence-electron chi connectivity index (χ2n) is 6.08. The Bertz CT molecular complexity index is 725. The summed E-state index contributed by atoms with van der Waals surface area (Å²) in [7, 11) is 0. The minimum atomic E-state index is 0.368. The van der Waals surface area contributed by atoms with Crippen LogP contribution in [0.4, 0.5) is 0 Å². The van der Waals surface area contributed by atoms with Crippen LogP contribution in [0.5, 0.6) is 0 Å². The number of hydrogen-bond donors (Lipinski definition) is 0. The van der Waals surface area contributed by atoms with Crippen LogP contribution in [0.1, 0.15) is 35.9 Å². The van der Waals surface area contributed by atoms with Crippen molar-refractivity contribution in [2.24, 2.45) is 0 Å². The van der Waals surface area contributed by atoms with Crippen LogP contribution < -0.4 is 5.01 Å². The van der Waals surface area contributed by atoms with Gasteiger partial charge in [0, 0.05) is 12.5 Å². The first-order chi connectivity index (χ1) is 11.4. The van der Waals surface area contributed by atoms with Gasteiger partial charge in [0.1, 0.15) is 12.7 Å². The molecule has 1 saturated heterocycles. The van der Waals surface area contributed by atoms with Crippen LogP contribution in [0.25, 0.3) is 0 Å². The largest absolute Gasteiger partial charge is 0.302 e. The molecule has 2 aromatic carbocycles. The molecule has 0 aliphatic carbocycles. The zero-order chi connectivity index (χ0) is 15.5. The summed E-state index contributed by atoms with van der Waals surface area (Å²) in [6.45, 7) is 0.974. The maximum atomic E-state index is 3.99. The molecule has 116 valence electrons. The quantitative estimate of drug-likeness (QED) is 0.742. The number of rotatable bonds is 3. The second-order valence-corrected chi connectivity index (χ2v) is 6.08. The van der Waals surface area contributed by atoms with Crippen LogP contribution in [0.3, 0.4) is 0 Å². The van der Waals surface area contributed by atoms with Gasteiger partial charge in [-0.25, -0.2) is 4.68 Å². The van der Waals surface area contributed by atoms with Crippen molar-refractivity contribution in [2.75, 3.05) is 11.6 Å². The van der Waals surface area contributed by atoms with E-state index in [1.807, 2.05) is 4.68 Å². The molecule has 0 N–H and O–H groups in total. The Morgan fingerprint density at radius 1 is 0.739 bits per heavy atom. The molecule has 1 aliphatic heterocycles. The van der Waals surface area contributed by atoms with E-state index in [1.54, 1.807) is 12.7 Å². The van der Waals surface area contributed by atoms with Crippen molar-refractivity contribution < 1.29 is 0 Å². The van der Waals surface area contributed by atoms with E-state index in [4.69, 9.17) is 0 Å². The number of aromatic nitrogens is 3. The lowest BCUT2D eigenvalue weighted by molar-refractivity contribution is 0.356. The molecule has 4 nitrogen and oxygen atoms in total. The molecular weight excluding hydrogens is 284 g/mol. The van der Waals surface area contributed by atoms with E-state index in [9.17, 15) is 0 Å². The van der Waals surface area contributed by atoms with Gasteiger partial charge in [-0.3, -0.25) is 0 Å². The van der Waals surface area contributed by atoms with Crippen molar-refractivity contribution >= 4 is 0 Å². The molecule has 0 saturated carbocycles. The van der Waals surface area contributed by atoms with Crippen molar-refractivity contribution in [3.8, 4) is 0 Å². The van der Waals surface area contributed by atoms with E-state index in [-0.39, 0.29) is 0 Å². The maximum absolute atomic E-state index is 3.99. The summed E-state index contributed by atoms with van der Waals surface area (Å²) >= 11 is 0. The van der Waals surface area contributed by atoms with E-state index >= 15 is 0 Å². The fraction of sp³-hybridized carbons (Fsp3) is 0.263. The van der Waals surface area contributed by atoms with Crippen molar-refractivity contribution in [2.45, 2.75) is 24.8 Å². The third-order valence-electron chi connectivity index (χ3n) is 4.71. The van der Waals surface area contributed by atoms with Gasteiger partial charge in [-0.2, -0.15) is 0 Å². The van der Waals surface area contributed by atoms with E-state index < -0.39 is 0 Å². The highest BCUT2D eigenvalue weighted by molar-refractivity contribution is 5.28. The lowest BCUT2D eigenvalue weighted by Crippen LogP contribution is -2.44. The Kier molecular flexibility index (Phi) is 3.80.